The molecule has 9 nitrogen and oxygen atoms in total. The zero-order chi connectivity index (χ0) is 24.7. The minimum absolute atomic E-state index is 0.0248. The number of hydrogen-bond donors (Lipinski definition) is 3. The highest BCUT2D eigenvalue weighted by molar-refractivity contribution is 7.99. The van der Waals surface area contributed by atoms with Crippen LogP contribution in [0.15, 0.2) is 58.2 Å². The lowest BCUT2D eigenvalue weighted by molar-refractivity contribution is -0.137. The van der Waals surface area contributed by atoms with Crippen molar-refractivity contribution in [3.63, 3.8) is 0 Å². The quantitative estimate of drug-likeness (QED) is 0.409. The molecular weight excluding hydrogens is 475 g/mol. The molecule has 1 aromatic heterocycles. The molecule has 0 atom stereocenters. The first kappa shape index (κ1) is 24.8. The van der Waals surface area contributed by atoms with Crippen molar-refractivity contribution in [2.75, 3.05) is 16.4 Å². The van der Waals surface area contributed by atoms with Crippen molar-refractivity contribution in [3.8, 4) is 0 Å². The molecule has 3 rings (SSSR count). The summed E-state index contributed by atoms with van der Waals surface area (Å²) >= 11 is 0.968. The Bertz CT molecular complexity index is 1180. The number of amides is 3. The number of halogens is 3. The Hall–Kier alpha value is -3.87. The number of carbonyl (C=O) groups excluding carboxylic acids is 3. The molecule has 178 valence electrons. The van der Waals surface area contributed by atoms with Crippen molar-refractivity contribution in [1.82, 2.24) is 15.5 Å². The zero-order valence-electron chi connectivity index (χ0n) is 17.6. The first-order valence-electron chi connectivity index (χ1n) is 9.68. The fourth-order valence-corrected chi connectivity index (χ4v) is 3.21. The van der Waals surface area contributed by atoms with Gasteiger partial charge in [-0.2, -0.15) is 13.2 Å². The maximum atomic E-state index is 12.8. The summed E-state index contributed by atoms with van der Waals surface area (Å²) in [6, 6.07) is 10.6. The maximum absolute atomic E-state index is 12.8. The lowest BCUT2D eigenvalue weighted by Crippen LogP contribution is -2.23. The molecule has 0 saturated carbocycles. The minimum atomic E-state index is -4.56. The molecular formula is C21H18F3N5O4S. The monoisotopic (exact) mass is 493 g/mol. The second kappa shape index (κ2) is 10.8. The van der Waals surface area contributed by atoms with Gasteiger partial charge in [0.25, 0.3) is 11.1 Å². The van der Waals surface area contributed by atoms with Crippen LogP contribution < -0.4 is 16.0 Å². The van der Waals surface area contributed by atoms with E-state index in [2.05, 4.69) is 26.1 Å². The van der Waals surface area contributed by atoms with Gasteiger partial charge in [0, 0.05) is 23.9 Å². The second-order valence-corrected chi connectivity index (χ2v) is 7.74. The number of hydrogen-bond acceptors (Lipinski definition) is 7. The summed E-state index contributed by atoms with van der Waals surface area (Å²) in [5, 5.41) is 15.3. The molecule has 13 heteroatoms. The fraction of sp³-hybridized carbons (Fsp3) is 0.190. The number of nitrogens with zero attached hydrogens (tertiary/aromatic N) is 2. The normalized spacial score (nSPS) is 11.1. The standard InChI is InChI=1S/C21H18F3N5O4S/c1-12(30)26-15-5-7-16(8-6-15)27-17(31)11-34-20-29-28-18(33-20)10-25-19(32)13-3-2-4-14(9-13)21(22,23)24/h2-9H,10-11H2,1H3,(H,25,32)(H,26,30)(H,27,31). The van der Waals surface area contributed by atoms with E-state index in [0.29, 0.717) is 11.4 Å². The highest BCUT2D eigenvalue weighted by atomic mass is 32.2. The van der Waals surface area contributed by atoms with E-state index in [-0.39, 0.29) is 40.8 Å². The van der Waals surface area contributed by atoms with Gasteiger partial charge in [-0.05, 0) is 42.5 Å². The number of rotatable bonds is 8. The van der Waals surface area contributed by atoms with Gasteiger partial charge in [-0.3, -0.25) is 14.4 Å². The molecule has 0 aliphatic heterocycles. The number of carbonyl (C=O) groups is 3. The lowest BCUT2D eigenvalue weighted by Gasteiger charge is -2.08. The fourth-order valence-electron chi connectivity index (χ4n) is 2.63. The van der Waals surface area contributed by atoms with Crippen molar-refractivity contribution in [2.45, 2.75) is 24.9 Å². The minimum Gasteiger partial charge on any atom is -0.414 e. The Balaban J connectivity index is 1.46. The molecule has 0 fully saturated rings. The number of alkyl halides is 3. The van der Waals surface area contributed by atoms with E-state index in [9.17, 15) is 27.6 Å². The van der Waals surface area contributed by atoms with Crippen LogP contribution in [0.2, 0.25) is 0 Å². The van der Waals surface area contributed by atoms with Crippen LogP contribution in [0.25, 0.3) is 0 Å². The number of thioether (sulfide) groups is 1. The van der Waals surface area contributed by atoms with Gasteiger partial charge < -0.3 is 20.4 Å². The van der Waals surface area contributed by atoms with Gasteiger partial charge in [0.2, 0.25) is 17.7 Å². The van der Waals surface area contributed by atoms with Crippen LogP contribution in [0, 0.1) is 0 Å². The van der Waals surface area contributed by atoms with Gasteiger partial charge in [0.15, 0.2) is 0 Å². The molecule has 0 aliphatic rings. The summed E-state index contributed by atoms with van der Waals surface area (Å²) in [5.41, 5.74) is 0.0333. The second-order valence-electron chi connectivity index (χ2n) is 6.82. The number of anilines is 2. The maximum Gasteiger partial charge on any atom is 0.416 e. The topological polar surface area (TPSA) is 126 Å². The molecule has 0 radical (unpaired) electrons. The van der Waals surface area contributed by atoms with Gasteiger partial charge in [0.1, 0.15) is 0 Å². The molecule has 2 aromatic carbocycles. The Kier molecular flexibility index (Phi) is 7.89. The molecule has 0 bridgehead atoms. The third-order valence-corrected chi connectivity index (χ3v) is 4.93. The molecule has 0 unspecified atom stereocenters. The molecule has 0 aliphatic carbocycles. The molecule has 1 heterocycles. The summed E-state index contributed by atoms with van der Waals surface area (Å²) in [6.07, 6.45) is -4.56. The third-order valence-electron chi connectivity index (χ3n) is 4.12. The van der Waals surface area contributed by atoms with Crippen molar-refractivity contribution in [1.29, 1.82) is 0 Å². The summed E-state index contributed by atoms with van der Waals surface area (Å²) in [7, 11) is 0. The number of benzene rings is 2. The average molecular weight is 493 g/mol. The van der Waals surface area contributed by atoms with Crippen LogP contribution >= 0.6 is 11.8 Å². The van der Waals surface area contributed by atoms with Crippen LogP contribution in [0.5, 0.6) is 0 Å². The first-order chi connectivity index (χ1) is 16.1. The molecule has 0 saturated heterocycles. The summed E-state index contributed by atoms with van der Waals surface area (Å²) in [5.74, 6) is -1.29. The van der Waals surface area contributed by atoms with E-state index >= 15 is 0 Å². The van der Waals surface area contributed by atoms with Crippen LogP contribution in [0.4, 0.5) is 24.5 Å². The van der Waals surface area contributed by atoms with Gasteiger partial charge in [-0.15, -0.1) is 10.2 Å². The summed E-state index contributed by atoms with van der Waals surface area (Å²) in [6.45, 7) is 1.19. The molecule has 0 spiro atoms. The third kappa shape index (κ3) is 7.33. The highest BCUT2D eigenvalue weighted by Gasteiger charge is 2.30. The average Bonchev–Trinajstić information content (AvgIpc) is 3.24. The molecule has 34 heavy (non-hydrogen) atoms. The predicted octanol–water partition coefficient (Wildman–Crippen LogP) is 3.71. The van der Waals surface area contributed by atoms with Gasteiger partial charge in [-0.25, -0.2) is 0 Å². The van der Waals surface area contributed by atoms with Crippen LogP contribution in [0.1, 0.15) is 28.7 Å². The number of nitrogens with one attached hydrogen (secondary N) is 3. The zero-order valence-corrected chi connectivity index (χ0v) is 18.4. The van der Waals surface area contributed by atoms with E-state index in [0.717, 1.165) is 30.0 Å². The molecule has 3 amide bonds. The van der Waals surface area contributed by atoms with Crippen LogP contribution in [-0.4, -0.2) is 33.7 Å². The van der Waals surface area contributed by atoms with Crippen molar-refractivity contribution in [2.24, 2.45) is 0 Å². The smallest absolute Gasteiger partial charge is 0.414 e. The van der Waals surface area contributed by atoms with E-state index < -0.39 is 17.6 Å². The Morgan fingerprint density at radius 2 is 1.68 bits per heavy atom. The van der Waals surface area contributed by atoms with Crippen molar-refractivity contribution >= 4 is 40.9 Å². The van der Waals surface area contributed by atoms with Crippen LogP contribution in [0.3, 0.4) is 0 Å². The van der Waals surface area contributed by atoms with Crippen molar-refractivity contribution in [3.05, 3.63) is 65.5 Å². The summed E-state index contributed by atoms with van der Waals surface area (Å²) in [4.78, 5) is 35.2. The van der Waals surface area contributed by atoms with E-state index in [1.807, 2.05) is 0 Å². The largest absolute Gasteiger partial charge is 0.416 e. The van der Waals surface area contributed by atoms with Gasteiger partial charge in [-0.1, -0.05) is 17.8 Å². The van der Waals surface area contributed by atoms with Crippen LogP contribution in [-0.2, 0) is 22.3 Å². The van der Waals surface area contributed by atoms with E-state index in [1.165, 1.54) is 13.0 Å². The van der Waals surface area contributed by atoms with Gasteiger partial charge in [0.05, 0.1) is 17.9 Å². The van der Waals surface area contributed by atoms with Gasteiger partial charge >= 0.3 is 6.18 Å². The molecule has 3 N–H and O–H groups in total. The van der Waals surface area contributed by atoms with E-state index in [1.54, 1.807) is 24.3 Å². The predicted molar refractivity (Wildman–Crippen MR) is 117 cm³/mol. The molecule has 3 aromatic rings. The number of aromatic nitrogens is 2. The van der Waals surface area contributed by atoms with E-state index in [4.69, 9.17) is 4.42 Å². The Morgan fingerprint density at radius 3 is 2.32 bits per heavy atom. The van der Waals surface area contributed by atoms with Crippen molar-refractivity contribution < 1.29 is 32.0 Å². The Labute approximate surface area is 195 Å². The summed E-state index contributed by atoms with van der Waals surface area (Å²) < 4.78 is 43.7. The first-order valence-corrected chi connectivity index (χ1v) is 10.7. The Morgan fingerprint density at radius 1 is 1.00 bits per heavy atom. The highest BCUT2D eigenvalue weighted by Crippen LogP contribution is 2.29. The SMILES string of the molecule is CC(=O)Nc1ccc(NC(=O)CSc2nnc(CNC(=O)c3cccc(C(F)(F)F)c3)o2)cc1. The lowest BCUT2D eigenvalue weighted by atomic mass is 10.1.